The summed E-state index contributed by atoms with van der Waals surface area (Å²) in [5.41, 5.74) is 5.91. The molecule has 0 N–H and O–H groups in total. The molecule has 1 aromatic rings. The summed E-state index contributed by atoms with van der Waals surface area (Å²) < 4.78 is 11.7. The summed E-state index contributed by atoms with van der Waals surface area (Å²) in [5, 5.41) is 0. The van der Waals surface area contributed by atoms with E-state index in [0.29, 0.717) is 13.2 Å². The Labute approximate surface area is 137 Å². The lowest BCUT2D eigenvalue weighted by atomic mass is 9.90. The Kier molecular flexibility index (Phi) is 4.07. The number of fused-ring (bicyclic) bond motifs is 2. The van der Waals surface area contributed by atoms with Crippen molar-refractivity contribution in [2.24, 2.45) is 0 Å². The summed E-state index contributed by atoms with van der Waals surface area (Å²) in [7, 11) is 0. The van der Waals surface area contributed by atoms with E-state index in [4.69, 9.17) is 9.47 Å². The van der Waals surface area contributed by atoms with Crippen molar-refractivity contribution >= 4 is 11.1 Å². The highest BCUT2D eigenvalue weighted by atomic mass is 16.5. The van der Waals surface area contributed by atoms with E-state index in [9.17, 15) is 0 Å². The number of hydrogen-bond donors (Lipinski definition) is 0. The number of ether oxygens (including phenoxy) is 2. The fraction of sp³-hybridized carbons (Fsp3) is 0.143. The Morgan fingerprint density at radius 1 is 0.870 bits per heavy atom. The Balaban J connectivity index is 2.19. The zero-order valence-electron chi connectivity index (χ0n) is 13.2. The van der Waals surface area contributed by atoms with Crippen LogP contribution in [0.15, 0.2) is 73.9 Å². The van der Waals surface area contributed by atoms with Crippen molar-refractivity contribution in [2.75, 3.05) is 13.2 Å². The minimum atomic E-state index is 0.524. The van der Waals surface area contributed by atoms with Crippen molar-refractivity contribution in [3.05, 3.63) is 85.0 Å². The molecule has 3 rings (SSSR count). The van der Waals surface area contributed by atoms with E-state index in [1.54, 1.807) is 12.2 Å². The predicted octanol–water partition coefficient (Wildman–Crippen LogP) is 5.11. The van der Waals surface area contributed by atoms with Crippen LogP contribution in [0.1, 0.15) is 17.5 Å². The number of benzene rings is 1. The molecule has 0 atom stereocenters. The summed E-state index contributed by atoms with van der Waals surface area (Å²) in [5.74, 6) is 1.63. The Bertz CT molecular complexity index is 775. The molecule has 0 spiro atoms. The molecule has 2 heteroatoms. The second kappa shape index (κ2) is 6.17. The van der Waals surface area contributed by atoms with Crippen molar-refractivity contribution in [2.45, 2.75) is 6.42 Å². The molecule has 0 radical (unpaired) electrons. The third kappa shape index (κ3) is 2.68. The van der Waals surface area contributed by atoms with Gasteiger partial charge in [-0.3, -0.25) is 0 Å². The first kappa shape index (κ1) is 15.2. The van der Waals surface area contributed by atoms with E-state index in [2.05, 4.69) is 38.5 Å². The average molecular weight is 304 g/mol. The van der Waals surface area contributed by atoms with E-state index >= 15 is 0 Å². The summed E-state index contributed by atoms with van der Waals surface area (Å²) in [6.07, 6.45) is 8.56. The van der Waals surface area contributed by atoms with Gasteiger partial charge in [-0.15, -0.1) is 0 Å². The molecule has 0 aromatic heterocycles. The standard InChI is InChI=1S/C21H20O2/c1-5-14(3)16-8-7-10-22-20-13-21-19(12-18(16)20)17(9-11-23-21)15(4)6-2/h5-6,8-9,12-13H,1-4,7,10-11H2. The summed E-state index contributed by atoms with van der Waals surface area (Å²) in [6, 6.07) is 4.06. The maximum Gasteiger partial charge on any atom is 0.131 e. The highest BCUT2D eigenvalue weighted by molar-refractivity contribution is 5.91. The van der Waals surface area contributed by atoms with Gasteiger partial charge in [-0.1, -0.05) is 44.5 Å². The van der Waals surface area contributed by atoms with Gasteiger partial charge in [-0.2, -0.15) is 0 Å². The maximum absolute atomic E-state index is 5.89. The van der Waals surface area contributed by atoms with Gasteiger partial charge in [0.05, 0.1) is 6.61 Å². The molecular formula is C21H20O2. The van der Waals surface area contributed by atoms with Crippen molar-refractivity contribution in [3.63, 3.8) is 0 Å². The van der Waals surface area contributed by atoms with Crippen LogP contribution in [0.3, 0.4) is 0 Å². The lowest BCUT2D eigenvalue weighted by Gasteiger charge is -2.22. The van der Waals surface area contributed by atoms with Gasteiger partial charge in [0, 0.05) is 23.6 Å². The first-order valence-corrected chi connectivity index (χ1v) is 7.64. The first-order chi connectivity index (χ1) is 11.2. The van der Waals surface area contributed by atoms with Gasteiger partial charge in [0.15, 0.2) is 0 Å². The second-order valence-corrected chi connectivity index (χ2v) is 5.49. The molecule has 116 valence electrons. The highest BCUT2D eigenvalue weighted by Gasteiger charge is 2.22. The van der Waals surface area contributed by atoms with Crippen molar-refractivity contribution in [1.29, 1.82) is 0 Å². The smallest absolute Gasteiger partial charge is 0.131 e. The van der Waals surface area contributed by atoms with Crippen LogP contribution in [-0.2, 0) is 0 Å². The Hall–Kier alpha value is -2.74. The topological polar surface area (TPSA) is 18.5 Å². The lowest BCUT2D eigenvalue weighted by molar-refractivity contribution is 0.319. The highest BCUT2D eigenvalue weighted by Crippen LogP contribution is 2.43. The molecule has 23 heavy (non-hydrogen) atoms. The van der Waals surface area contributed by atoms with Crippen LogP contribution in [-0.4, -0.2) is 13.2 Å². The first-order valence-electron chi connectivity index (χ1n) is 7.64. The largest absolute Gasteiger partial charge is 0.492 e. The zero-order chi connectivity index (χ0) is 16.4. The molecule has 0 saturated carbocycles. The van der Waals surface area contributed by atoms with E-state index in [-0.39, 0.29) is 0 Å². The molecule has 0 unspecified atom stereocenters. The van der Waals surface area contributed by atoms with Gasteiger partial charge in [0.1, 0.15) is 18.1 Å². The van der Waals surface area contributed by atoms with Crippen LogP contribution in [0.2, 0.25) is 0 Å². The summed E-state index contributed by atoms with van der Waals surface area (Å²) in [6.45, 7) is 17.0. The van der Waals surface area contributed by atoms with Gasteiger partial charge in [0.2, 0.25) is 0 Å². The van der Waals surface area contributed by atoms with E-state index < -0.39 is 0 Å². The molecule has 2 aliphatic heterocycles. The summed E-state index contributed by atoms with van der Waals surface area (Å²) >= 11 is 0. The molecule has 2 nitrogen and oxygen atoms in total. The number of allylic oxidation sites excluding steroid dienone is 6. The van der Waals surface area contributed by atoms with Crippen molar-refractivity contribution in [3.8, 4) is 11.5 Å². The van der Waals surface area contributed by atoms with Gasteiger partial charge < -0.3 is 9.47 Å². The minimum Gasteiger partial charge on any atom is -0.492 e. The van der Waals surface area contributed by atoms with Crippen LogP contribution >= 0.6 is 0 Å². The lowest BCUT2D eigenvalue weighted by Crippen LogP contribution is -2.07. The van der Waals surface area contributed by atoms with Crippen molar-refractivity contribution in [1.82, 2.24) is 0 Å². The SMILES string of the molecule is C=CC(=C)C1=CCOc2cc3c(cc21)C(C(=C)C=C)=CCCO3. The zero-order valence-corrected chi connectivity index (χ0v) is 13.2. The third-order valence-electron chi connectivity index (χ3n) is 4.10. The quantitative estimate of drug-likeness (QED) is 0.719. The van der Waals surface area contributed by atoms with Gasteiger partial charge in [-0.05, 0) is 34.4 Å². The number of rotatable bonds is 4. The van der Waals surface area contributed by atoms with Crippen LogP contribution in [0.5, 0.6) is 11.5 Å². The van der Waals surface area contributed by atoms with Gasteiger partial charge >= 0.3 is 0 Å². The molecular weight excluding hydrogens is 284 g/mol. The van der Waals surface area contributed by atoms with Crippen LogP contribution < -0.4 is 9.47 Å². The predicted molar refractivity (Wildman–Crippen MR) is 96.7 cm³/mol. The molecule has 2 heterocycles. The molecule has 1 aromatic carbocycles. The molecule has 0 aliphatic carbocycles. The van der Waals surface area contributed by atoms with Crippen LogP contribution in [0, 0.1) is 0 Å². The second-order valence-electron chi connectivity index (χ2n) is 5.49. The molecule has 2 aliphatic rings. The van der Waals surface area contributed by atoms with Crippen LogP contribution in [0.25, 0.3) is 11.1 Å². The Morgan fingerprint density at radius 2 is 1.48 bits per heavy atom. The normalized spacial score (nSPS) is 15.5. The van der Waals surface area contributed by atoms with Crippen LogP contribution in [0.4, 0.5) is 0 Å². The van der Waals surface area contributed by atoms with Gasteiger partial charge in [-0.25, -0.2) is 0 Å². The van der Waals surface area contributed by atoms with E-state index in [0.717, 1.165) is 51.3 Å². The molecule has 0 fully saturated rings. The fourth-order valence-corrected chi connectivity index (χ4v) is 2.86. The minimum absolute atomic E-state index is 0.524. The van der Waals surface area contributed by atoms with Gasteiger partial charge in [0.25, 0.3) is 0 Å². The monoisotopic (exact) mass is 304 g/mol. The Morgan fingerprint density at radius 3 is 2.13 bits per heavy atom. The molecule has 0 amide bonds. The summed E-state index contributed by atoms with van der Waals surface area (Å²) in [4.78, 5) is 0. The maximum atomic E-state index is 5.89. The fourth-order valence-electron chi connectivity index (χ4n) is 2.86. The van der Waals surface area contributed by atoms with Crippen molar-refractivity contribution < 1.29 is 9.47 Å². The average Bonchev–Trinajstić information content (AvgIpc) is 2.79. The number of hydrogen-bond acceptors (Lipinski definition) is 2. The third-order valence-corrected chi connectivity index (χ3v) is 4.10. The molecule has 0 saturated heterocycles. The van der Waals surface area contributed by atoms with E-state index in [1.807, 2.05) is 12.1 Å². The van der Waals surface area contributed by atoms with E-state index in [1.165, 1.54) is 0 Å². The molecule has 0 bridgehead atoms.